The number of carbonyl (C=O) groups excluding carboxylic acids is 2. The standard InChI is InChI=1S/C19H20O3.C7H7F/c1-3-17(14(2)20)22-19(21)18(15-10-6-4-7-11-15)16-12-8-5-9-13-16;1-6-2-4-7(8)5-3-6/h4-13,17-18H,3H2,1-2H3;2-5H,1H3. The molecule has 0 amide bonds. The van der Waals surface area contributed by atoms with Gasteiger partial charge in [0, 0.05) is 0 Å². The van der Waals surface area contributed by atoms with E-state index < -0.39 is 12.0 Å². The van der Waals surface area contributed by atoms with E-state index in [-0.39, 0.29) is 17.6 Å². The number of hydrogen-bond acceptors (Lipinski definition) is 3. The lowest BCUT2D eigenvalue weighted by Gasteiger charge is -2.20. The molecule has 3 nitrogen and oxygen atoms in total. The third-order valence-corrected chi connectivity index (χ3v) is 4.60. The molecule has 1 atom stereocenters. The Labute approximate surface area is 177 Å². The van der Waals surface area contributed by atoms with Crippen LogP contribution in [0.1, 0.15) is 42.9 Å². The molecule has 0 bridgehead atoms. The highest BCUT2D eigenvalue weighted by Crippen LogP contribution is 2.26. The zero-order valence-corrected chi connectivity index (χ0v) is 17.5. The smallest absolute Gasteiger partial charge is 0.318 e. The van der Waals surface area contributed by atoms with Gasteiger partial charge in [0.25, 0.3) is 0 Å². The number of Topliss-reactive ketones (excluding diaryl/α,β-unsaturated/α-hetero) is 1. The van der Waals surface area contributed by atoms with Crippen LogP contribution in [0, 0.1) is 12.7 Å². The fourth-order valence-electron chi connectivity index (χ4n) is 2.95. The Balaban J connectivity index is 0.000000335. The van der Waals surface area contributed by atoms with Crippen LogP contribution >= 0.6 is 0 Å². The minimum atomic E-state index is -0.678. The van der Waals surface area contributed by atoms with Gasteiger partial charge in [-0.15, -0.1) is 0 Å². The monoisotopic (exact) mass is 406 g/mol. The predicted octanol–water partition coefficient (Wildman–Crippen LogP) is 5.86. The van der Waals surface area contributed by atoms with Crippen molar-refractivity contribution in [2.75, 3.05) is 0 Å². The minimum absolute atomic E-state index is 0.129. The van der Waals surface area contributed by atoms with Crippen molar-refractivity contribution in [2.24, 2.45) is 0 Å². The first-order valence-corrected chi connectivity index (χ1v) is 9.95. The fraction of sp³-hybridized carbons (Fsp3) is 0.231. The van der Waals surface area contributed by atoms with Crippen molar-refractivity contribution in [3.63, 3.8) is 0 Å². The summed E-state index contributed by atoms with van der Waals surface area (Å²) in [7, 11) is 0. The van der Waals surface area contributed by atoms with Gasteiger partial charge in [-0.3, -0.25) is 9.59 Å². The van der Waals surface area contributed by atoms with Crippen LogP contribution in [0.2, 0.25) is 0 Å². The normalized spacial score (nSPS) is 11.2. The van der Waals surface area contributed by atoms with Gasteiger partial charge < -0.3 is 4.74 Å². The Morgan fingerprint density at radius 3 is 1.67 bits per heavy atom. The van der Waals surface area contributed by atoms with Gasteiger partial charge in [-0.05, 0) is 43.5 Å². The molecule has 0 radical (unpaired) electrons. The highest BCUT2D eigenvalue weighted by Gasteiger charge is 2.27. The maximum absolute atomic E-state index is 12.6. The largest absolute Gasteiger partial charge is 0.454 e. The van der Waals surface area contributed by atoms with Crippen molar-refractivity contribution in [3.8, 4) is 0 Å². The Morgan fingerprint density at radius 2 is 1.30 bits per heavy atom. The Morgan fingerprint density at radius 1 is 0.833 bits per heavy atom. The topological polar surface area (TPSA) is 43.4 Å². The molecule has 0 saturated carbocycles. The maximum atomic E-state index is 12.6. The van der Waals surface area contributed by atoms with E-state index in [1.807, 2.05) is 74.5 Å². The van der Waals surface area contributed by atoms with Crippen LogP contribution in [0.15, 0.2) is 84.9 Å². The van der Waals surface area contributed by atoms with Crippen molar-refractivity contribution in [1.29, 1.82) is 0 Å². The van der Waals surface area contributed by atoms with E-state index in [9.17, 15) is 14.0 Å². The Bertz CT molecular complexity index is 861. The molecule has 3 aromatic rings. The van der Waals surface area contributed by atoms with E-state index in [0.717, 1.165) is 16.7 Å². The van der Waals surface area contributed by atoms with Crippen LogP contribution in [0.3, 0.4) is 0 Å². The van der Waals surface area contributed by atoms with Crippen LogP contribution in [-0.4, -0.2) is 17.9 Å². The Hall–Kier alpha value is -3.27. The number of carbonyl (C=O) groups is 2. The summed E-state index contributed by atoms with van der Waals surface area (Å²) in [4.78, 5) is 24.2. The van der Waals surface area contributed by atoms with E-state index in [1.165, 1.54) is 19.1 Å². The molecule has 0 spiro atoms. The molecular formula is C26H27FO3. The van der Waals surface area contributed by atoms with E-state index in [2.05, 4.69) is 0 Å². The van der Waals surface area contributed by atoms with Crippen molar-refractivity contribution >= 4 is 11.8 Å². The van der Waals surface area contributed by atoms with Crippen molar-refractivity contribution in [3.05, 3.63) is 107 Å². The fourth-order valence-corrected chi connectivity index (χ4v) is 2.95. The van der Waals surface area contributed by atoms with E-state index in [1.54, 1.807) is 12.1 Å². The lowest BCUT2D eigenvalue weighted by atomic mass is 9.91. The molecule has 0 aromatic heterocycles. The third kappa shape index (κ3) is 6.96. The molecule has 4 heteroatoms. The summed E-state index contributed by atoms with van der Waals surface area (Å²) in [5.41, 5.74) is 2.81. The second-order valence-electron chi connectivity index (χ2n) is 6.99. The quantitative estimate of drug-likeness (QED) is 0.481. The van der Waals surface area contributed by atoms with Gasteiger partial charge in [0.1, 0.15) is 11.7 Å². The summed E-state index contributed by atoms with van der Waals surface area (Å²) in [6.07, 6.45) is -0.195. The highest BCUT2D eigenvalue weighted by molar-refractivity contribution is 5.87. The summed E-state index contributed by atoms with van der Waals surface area (Å²) in [5, 5.41) is 0. The second-order valence-corrected chi connectivity index (χ2v) is 6.99. The Kier molecular flexibility index (Phi) is 8.95. The van der Waals surface area contributed by atoms with Crippen molar-refractivity contribution in [2.45, 2.75) is 39.2 Å². The molecule has 3 rings (SSSR count). The van der Waals surface area contributed by atoms with Gasteiger partial charge in [-0.25, -0.2) is 4.39 Å². The number of benzene rings is 3. The minimum Gasteiger partial charge on any atom is -0.454 e. The van der Waals surface area contributed by atoms with Gasteiger partial charge in [0.2, 0.25) is 0 Å². The first-order chi connectivity index (χ1) is 14.4. The van der Waals surface area contributed by atoms with Gasteiger partial charge >= 0.3 is 5.97 Å². The lowest BCUT2D eigenvalue weighted by Crippen LogP contribution is -2.28. The van der Waals surface area contributed by atoms with E-state index >= 15 is 0 Å². The highest BCUT2D eigenvalue weighted by atomic mass is 19.1. The molecule has 156 valence electrons. The van der Waals surface area contributed by atoms with Gasteiger partial charge in [0.15, 0.2) is 11.9 Å². The number of hydrogen-bond donors (Lipinski definition) is 0. The van der Waals surface area contributed by atoms with Gasteiger partial charge in [-0.2, -0.15) is 0 Å². The third-order valence-electron chi connectivity index (χ3n) is 4.60. The van der Waals surface area contributed by atoms with Crippen molar-refractivity contribution < 1.29 is 18.7 Å². The van der Waals surface area contributed by atoms with Crippen LogP contribution in [0.5, 0.6) is 0 Å². The summed E-state index contributed by atoms with van der Waals surface area (Å²) < 4.78 is 17.5. The number of aryl methyl sites for hydroxylation is 1. The summed E-state index contributed by atoms with van der Waals surface area (Å²) >= 11 is 0. The van der Waals surface area contributed by atoms with E-state index in [4.69, 9.17) is 4.74 Å². The van der Waals surface area contributed by atoms with Crippen LogP contribution in [0.25, 0.3) is 0 Å². The molecule has 0 saturated heterocycles. The second kappa shape index (κ2) is 11.7. The average Bonchev–Trinajstić information content (AvgIpc) is 2.76. The van der Waals surface area contributed by atoms with Crippen molar-refractivity contribution in [1.82, 2.24) is 0 Å². The summed E-state index contributed by atoms with van der Waals surface area (Å²) in [6.45, 7) is 5.21. The molecule has 3 aromatic carbocycles. The predicted molar refractivity (Wildman–Crippen MR) is 117 cm³/mol. The SMILES string of the molecule is CCC(OC(=O)C(c1ccccc1)c1ccccc1)C(C)=O.Cc1ccc(F)cc1. The van der Waals surface area contributed by atoms with Gasteiger partial charge in [0.05, 0.1) is 0 Å². The molecule has 0 fully saturated rings. The number of ketones is 1. The molecule has 0 heterocycles. The molecule has 0 aliphatic rings. The van der Waals surface area contributed by atoms with Crippen LogP contribution in [0.4, 0.5) is 4.39 Å². The van der Waals surface area contributed by atoms with E-state index in [0.29, 0.717) is 6.42 Å². The molecule has 30 heavy (non-hydrogen) atoms. The maximum Gasteiger partial charge on any atom is 0.318 e. The molecule has 0 aliphatic heterocycles. The lowest BCUT2D eigenvalue weighted by molar-refractivity contribution is -0.155. The number of esters is 1. The number of halogens is 1. The molecule has 0 aliphatic carbocycles. The van der Waals surface area contributed by atoms with Crippen LogP contribution < -0.4 is 0 Å². The molecule has 0 N–H and O–H groups in total. The summed E-state index contributed by atoms with van der Waals surface area (Å²) in [5.74, 6) is -1.21. The van der Waals surface area contributed by atoms with Gasteiger partial charge in [-0.1, -0.05) is 85.3 Å². The molecule has 1 unspecified atom stereocenters. The zero-order valence-electron chi connectivity index (χ0n) is 17.5. The first-order valence-electron chi connectivity index (χ1n) is 9.95. The molecular weight excluding hydrogens is 379 g/mol. The zero-order chi connectivity index (χ0) is 21.9. The summed E-state index contributed by atoms with van der Waals surface area (Å²) in [6, 6.07) is 25.4. The average molecular weight is 406 g/mol. The number of rotatable bonds is 6. The first kappa shape index (κ1) is 23.0. The van der Waals surface area contributed by atoms with Crippen LogP contribution in [-0.2, 0) is 14.3 Å². The number of ether oxygens (including phenoxy) is 1.